The second-order valence-corrected chi connectivity index (χ2v) is 6.03. The molecule has 7 heteroatoms. The van der Waals surface area contributed by atoms with Crippen molar-refractivity contribution in [2.45, 2.75) is 40.3 Å². The van der Waals surface area contributed by atoms with Gasteiger partial charge < -0.3 is 9.36 Å². The third kappa shape index (κ3) is 3.17. The van der Waals surface area contributed by atoms with Crippen LogP contribution in [0.15, 0.2) is 33.9 Å². The van der Waals surface area contributed by atoms with Crippen LogP contribution in [0.2, 0.25) is 0 Å². The molecule has 0 aliphatic carbocycles. The van der Waals surface area contributed by atoms with E-state index in [2.05, 4.69) is 10.3 Å². The van der Waals surface area contributed by atoms with Crippen LogP contribution in [0.1, 0.15) is 46.8 Å². The number of amidine groups is 1. The van der Waals surface area contributed by atoms with Gasteiger partial charge in [0.15, 0.2) is 11.6 Å². The summed E-state index contributed by atoms with van der Waals surface area (Å²) in [7, 11) is 0. The number of Topliss-reactive ketones (excluding diaryl/α,β-unsaturated/α-hetero) is 1. The van der Waals surface area contributed by atoms with Crippen LogP contribution in [-0.2, 0) is 16.2 Å². The first-order chi connectivity index (χ1) is 11.9. The van der Waals surface area contributed by atoms with Gasteiger partial charge >= 0.3 is 0 Å². The molecule has 0 spiro atoms. The van der Waals surface area contributed by atoms with Crippen molar-refractivity contribution >= 4 is 17.5 Å². The number of carbonyl (C=O) groups is 2. The zero-order valence-corrected chi connectivity index (χ0v) is 14.6. The first-order valence-corrected chi connectivity index (χ1v) is 7.96. The number of nitrogens with zero attached hydrogens (tertiary/aromatic N) is 3. The summed E-state index contributed by atoms with van der Waals surface area (Å²) in [4.78, 5) is 31.1. The van der Waals surface area contributed by atoms with E-state index in [1.807, 2.05) is 6.92 Å². The molecule has 0 bridgehead atoms. The summed E-state index contributed by atoms with van der Waals surface area (Å²) in [5.74, 6) is 0.752. The Balaban J connectivity index is 2.02. The monoisotopic (exact) mass is 341 g/mol. The molecule has 130 valence electrons. The lowest BCUT2D eigenvalue weighted by atomic mass is 10.1. The Labute approximate surface area is 145 Å². The van der Waals surface area contributed by atoms with Gasteiger partial charge in [-0.2, -0.15) is 0 Å². The molecule has 0 saturated heterocycles. The zero-order valence-electron chi connectivity index (χ0n) is 14.6. The van der Waals surface area contributed by atoms with Crippen LogP contribution in [0.3, 0.4) is 0 Å². The van der Waals surface area contributed by atoms with Crippen LogP contribution >= 0.6 is 0 Å². The lowest BCUT2D eigenvalue weighted by molar-refractivity contribution is -0.142. The molecule has 3 rings (SSSR count). The Hall–Kier alpha value is -2.96. The fourth-order valence-electron chi connectivity index (χ4n) is 2.67. The van der Waals surface area contributed by atoms with Crippen molar-refractivity contribution in [1.29, 1.82) is 0 Å². The number of oxime groups is 1. The molecule has 2 aromatic rings. The number of hydrogen-bond donors (Lipinski definition) is 0. The number of benzene rings is 1. The Kier molecular flexibility index (Phi) is 4.39. The number of ketones is 1. The molecule has 0 N–H and O–H groups in total. The van der Waals surface area contributed by atoms with Gasteiger partial charge in [-0.25, -0.2) is 0 Å². The Morgan fingerprint density at radius 3 is 2.72 bits per heavy atom. The van der Waals surface area contributed by atoms with E-state index in [0.717, 1.165) is 11.3 Å². The van der Waals surface area contributed by atoms with Gasteiger partial charge in [-0.3, -0.25) is 14.5 Å². The lowest BCUT2D eigenvalue weighted by Gasteiger charge is -2.30. The fraction of sp³-hybridized carbons (Fsp3) is 0.333. The molecular formula is C18H19N3O4. The Morgan fingerprint density at radius 2 is 2.08 bits per heavy atom. The summed E-state index contributed by atoms with van der Waals surface area (Å²) in [6.45, 7) is 7.04. The molecule has 1 aliphatic rings. The second-order valence-electron chi connectivity index (χ2n) is 6.03. The Morgan fingerprint density at radius 1 is 1.32 bits per heavy atom. The molecule has 1 aromatic carbocycles. The van der Waals surface area contributed by atoms with Gasteiger partial charge in [0, 0.05) is 16.7 Å². The van der Waals surface area contributed by atoms with Crippen LogP contribution in [0, 0.1) is 13.8 Å². The molecule has 1 unspecified atom stereocenters. The summed E-state index contributed by atoms with van der Waals surface area (Å²) in [5.41, 5.74) is 2.74. The van der Waals surface area contributed by atoms with Gasteiger partial charge in [-0.05, 0) is 33.8 Å². The maximum Gasteiger partial charge on any atom is 0.272 e. The highest BCUT2D eigenvalue weighted by Crippen LogP contribution is 2.22. The van der Waals surface area contributed by atoms with Gasteiger partial charge in [-0.15, -0.1) is 0 Å². The molecule has 1 aromatic heterocycles. The molecule has 2 heterocycles. The summed E-state index contributed by atoms with van der Waals surface area (Å²) in [5, 5.41) is 8.04. The largest absolute Gasteiger partial charge is 0.381 e. The predicted octanol–water partition coefficient (Wildman–Crippen LogP) is 2.60. The highest BCUT2D eigenvalue weighted by Gasteiger charge is 2.33. The minimum atomic E-state index is -0.680. The van der Waals surface area contributed by atoms with Crippen molar-refractivity contribution in [3.8, 4) is 0 Å². The number of amides is 1. The molecule has 25 heavy (non-hydrogen) atoms. The second kappa shape index (κ2) is 6.51. The summed E-state index contributed by atoms with van der Waals surface area (Å²) >= 11 is 0. The lowest BCUT2D eigenvalue weighted by Crippen LogP contribution is -2.46. The van der Waals surface area contributed by atoms with Gasteiger partial charge in [0.25, 0.3) is 5.91 Å². The molecule has 0 saturated carbocycles. The minimum Gasteiger partial charge on any atom is -0.381 e. The zero-order chi connectivity index (χ0) is 18.1. The third-order valence-corrected chi connectivity index (χ3v) is 4.19. The van der Waals surface area contributed by atoms with Crippen molar-refractivity contribution in [1.82, 2.24) is 10.1 Å². The average Bonchev–Trinajstić information content (AvgIpc) is 2.91. The molecule has 1 amide bonds. The molecule has 1 atom stereocenters. The quantitative estimate of drug-likeness (QED) is 0.798. The number of carbonyl (C=O) groups excluding carboxylic acids is 2. The summed E-state index contributed by atoms with van der Waals surface area (Å²) < 4.78 is 5.19. The number of aromatic nitrogens is 1. The van der Waals surface area contributed by atoms with E-state index in [9.17, 15) is 9.59 Å². The average molecular weight is 341 g/mol. The van der Waals surface area contributed by atoms with Gasteiger partial charge in [0.2, 0.25) is 6.10 Å². The van der Waals surface area contributed by atoms with E-state index in [4.69, 9.17) is 9.36 Å². The smallest absolute Gasteiger partial charge is 0.272 e. The molecular weight excluding hydrogens is 322 g/mol. The minimum absolute atomic E-state index is 0.0591. The Bertz CT molecular complexity index is 849. The predicted molar refractivity (Wildman–Crippen MR) is 90.1 cm³/mol. The van der Waals surface area contributed by atoms with E-state index < -0.39 is 6.10 Å². The molecule has 0 fully saturated rings. The molecule has 0 radical (unpaired) electrons. The summed E-state index contributed by atoms with van der Waals surface area (Å²) in [6, 6.07) is 6.97. The van der Waals surface area contributed by atoms with Crippen molar-refractivity contribution in [2.24, 2.45) is 5.16 Å². The van der Waals surface area contributed by atoms with Crippen LogP contribution in [0.4, 0.5) is 0 Å². The number of hydrogen-bond acceptors (Lipinski definition) is 6. The first kappa shape index (κ1) is 16.9. The highest BCUT2D eigenvalue weighted by atomic mass is 16.6. The van der Waals surface area contributed by atoms with E-state index in [1.54, 1.807) is 43.0 Å². The summed E-state index contributed by atoms with van der Waals surface area (Å²) in [6.07, 6.45) is -0.680. The van der Waals surface area contributed by atoms with E-state index in [1.165, 1.54) is 6.92 Å². The number of rotatable bonds is 4. The topological polar surface area (TPSA) is 85.0 Å². The fourth-order valence-corrected chi connectivity index (χ4v) is 2.67. The van der Waals surface area contributed by atoms with Crippen molar-refractivity contribution < 1.29 is 18.9 Å². The molecule has 7 nitrogen and oxygen atoms in total. The third-order valence-electron chi connectivity index (χ3n) is 4.19. The van der Waals surface area contributed by atoms with Gasteiger partial charge in [0.1, 0.15) is 5.76 Å². The van der Waals surface area contributed by atoms with Crippen LogP contribution < -0.4 is 0 Å². The van der Waals surface area contributed by atoms with Crippen LogP contribution in [0.25, 0.3) is 0 Å². The molecule has 1 aliphatic heterocycles. The van der Waals surface area contributed by atoms with Crippen molar-refractivity contribution in [2.75, 3.05) is 0 Å². The van der Waals surface area contributed by atoms with Crippen LogP contribution in [0.5, 0.6) is 0 Å². The maximum absolute atomic E-state index is 12.7. The standard InChI is InChI=1S/C18H19N3O4/c1-10-16(12(3)24-19-10)9-21-17(20-25-13(4)18(21)23)15-7-5-6-14(8-15)11(2)22/h5-8,13H,9H2,1-4H3. The number of aryl methyl sites for hydroxylation is 2. The van der Waals surface area contributed by atoms with Crippen molar-refractivity contribution in [3.05, 3.63) is 52.4 Å². The van der Waals surface area contributed by atoms with Gasteiger partial charge in [0.05, 0.1) is 12.2 Å². The highest BCUT2D eigenvalue weighted by molar-refractivity contribution is 6.10. The van der Waals surface area contributed by atoms with Crippen molar-refractivity contribution in [3.63, 3.8) is 0 Å². The van der Waals surface area contributed by atoms with E-state index in [-0.39, 0.29) is 18.2 Å². The van der Waals surface area contributed by atoms with E-state index in [0.29, 0.717) is 22.7 Å². The first-order valence-electron chi connectivity index (χ1n) is 7.96. The SMILES string of the molecule is CC(=O)c1cccc(C2=NOC(C)C(=O)N2Cc2c(C)noc2C)c1. The normalized spacial score (nSPS) is 17.3. The van der Waals surface area contributed by atoms with Gasteiger partial charge in [-0.1, -0.05) is 28.5 Å². The van der Waals surface area contributed by atoms with Crippen LogP contribution in [-0.4, -0.2) is 33.7 Å². The maximum atomic E-state index is 12.7. The van der Waals surface area contributed by atoms with E-state index >= 15 is 0 Å².